The zero-order valence-corrected chi connectivity index (χ0v) is 20.0. The van der Waals surface area contributed by atoms with E-state index in [2.05, 4.69) is 15.3 Å². The van der Waals surface area contributed by atoms with Crippen LogP contribution in [0, 0.1) is 11.3 Å². The van der Waals surface area contributed by atoms with Crippen LogP contribution in [0.4, 0.5) is 11.6 Å². The van der Waals surface area contributed by atoms with Gasteiger partial charge in [0.1, 0.15) is 17.5 Å². The molecular weight excluding hydrogens is 500 g/mol. The van der Waals surface area contributed by atoms with E-state index >= 15 is 0 Å². The Morgan fingerprint density at radius 3 is 2.43 bits per heavy atom. The first-order chi connectivity index (χ1) is 17.9. The highest BCUT2D eigenvalue weighted by atomic mass is 35.5. The van der Waals surface area contributed by atoms with Crippen LogP contribution >= 0.6 is 11.6 Å². The average molecular weight is 521 g/mol. The van der Waals surface area contributed by atoms with Crippen LogP contribution in [-0.2, 0) is 13.1 Å². The fourth-order valence-corrected chi connectivity index (χ4v) is 3.48. The van der Waals surface area contributed by atoms with Crippen LogP contribution < -0.4 is 21.4 Å². The summed E-state index contributed by atoms with van der Waals surface area (Å²) >= 11 is 5.96. The maximum Gasteiger partial charge on any atom is 0.355 e. The van der Waals surface area contributed by atoms with Crippen LogP contribution in [0.3, 0.4) is 0 Å². The molecule has 4 aromatic rings. The van der Waals surface area contributed by atoms with Crippen molar-refractivity contribution in [1.29, 1.82) is 5.26 Å². The van der Waals surface area contributed by atoms with Crippen molar-refractivity contribution in [2.45, 2.75) is 19.2 Å². The Hall–Kier alpha value is -4.50. The Balaban J connectivity index is 1.64. The molecule has 1 atom stereocenters. The molecule has 2 aromatic carbocycles. The van der Waals surface area contributed by atoms with Gasteiger partial charge in [-0.3, -0.25) is 4.57 Å². The van der Waals surface area contributed by atoms with Gasteiger partial charge in [0, 0.05) is 16.8 Å². The van der Waals surface area contributed by atoms with Crippen LogP contribution in [0.5, 0.6) is 11.6 Å². The quantitative estimate of drug-likeness (QED) is 0.301. The van der Waals surface area contributed by atoms with Gasteiger partial charge < -0.3 is 20.3 Å². The predicted molar refractivity (Wildman–Crippen MR) is 135 cm³/mol. The van der Waals surface area contributed by atoms with Crippen LogP contribution in [0.1, 0.15) is 11.3 Å². The van der Waals surface area contributed by atoms with Gasteiger partial charge in [-0.2, -0.15) is 10.2 Å². The Labute approximate surface area is 215 Å². The Bertz CT molecular complexity index is 1540. The molecule has 0 fully saturated rings. The number of rotatable bonds is 9. The molecule has 11 nitrogen and oxygen atoms in total. The molecule has 0 aliphatic rings. The summed E-state index contributed by atoms with van der Waals surface area (Å²) in [5.74, 6) is 0.691. The number of hydrogen-bond donors (Lipinski definition) is 3. The van der Waals surface area contributed by atoms with Gasteiger partial charge in [-0.25, -0.2) is 19.1 Å². The van der Waals surface area contributed by atoms with Crippen LogP contribution in [0.25, 0.3) is 0 Å². The molecule has 0 aliphatic carbocycles. The zero-order valence-electron chi connectivity index (χ0n) is 19.3. The third kappa shape index (κ3) is 6.39. The minimum Gasteiger partial charge on any atom is -0.439 e. The van der Waals surface area contributed by atoms with E-state index in [9.17, 15) is 14.7 Å². The van der Waals surface area contributed by atoms with Gasteiger partial charge in [0.05, 0.1) is 25.8 Å². The van der Waals surface area contributed by atoms with E-state index < -0.39 is 30.6 Å². The number of anilines is 2. The second-order valence-electron chi connectivity index (χ2n) is 7.88. The molecule has 0 bridgehead atoms. The smallest absolute Gasteiger partial charge is 0.355 e. The Morgan fingerprint density at radius 2 is 1.76 bits per heavy atom. The molecule has 0 radical (unpaired) electrons. The molecule has 0 saturated heterocycles. The lowest BCUT2D eigenvalue weighted by atomic mass is 10.2. The summed E-state index contributed by atoms with van der Waals surface area (Å²) in [7, 11) is 0. The first kappa shape index (κ1) is 25.6. The molecule has 0 amide bonds. The number of pyridine rings is 1. The second kappa shape index (κ2) is 11.5. The van der Waals surface area contributed by atoms with E-state index in [0.29, 0.717) is 16.5 Å². The van der Waals surface area contributed by atoms with Crippen molar-refractivity contribution in [1.82, 2.24) is 19.1 Å². The average Bonchev–Trinajstić information content (AvgIpc) is 2.91. The number of nitrogens with one attached hydrogen (secondary N) is 1. The highest BCUT2D eigenvalue weighted by Gasteiger charge is 2.16. The molecule has 4 rings (SSSR count). The number of ether oxygens (including phenoxy) is 1. The summed E-state index contributed by atoms with van der Waals surface area (Å²) in [6, 6.07) is 20.2. The maximum atomic E-state index is 13.2. The van der Waals surface area contributed by atoms with Crippen molar-refractivity contribution in [3.63, 3.8) is 0 Å². The topological polar surface area (TPSA) is 155 Å². The molecule has 37 heavy (non-hydrogen) atoms. The fraction of sp³-hybridized carbons (Fsp3) is 0.160. The monoisotopic (exact) mass is 520 g/mol. The van der Waals surface area contributed by atoms with E-state index in [0.717, 1.165) is 10.1 Å². The van der Waals surface area contributed by atoms with Crippen LogP contribution in [-0.4, -0.2) is 42.0 Å². The van der Waals surface area contributed by atoms with Crippen molar-refractivity contribution in [3.8, 4) is 17.7 Å². The second-order valence-corrected chi connectivity index (χ2v) is 8.32. The Morgan fingerprint density at radius 1 is 1.03 bits per heavy atom. The molecule has 188 valence electrons. The molecule has 0 unspecified atom stereocenters. The lowest BCUT2D eigenvalue weighted by Gasteiger charge is -2.17. The van der Waals surface area contributed by atoms with Gasteiger partial charge in [-0.15, -0.1) is 0 Å². The minimum absolute atomic E-state index is 0.0169. The number of benzene rings is 2. The van der Waals surface area contributed by atoms with E-state index in [-0.39, 0.29) is 24.1 Å². The minimum atomic E-state index is -1.30. The van der Waals surface area contributed by atoms with Crippen molar-refractivity contribution < 1.29 is 14.9 Å². The summed E-state index contributed by atoms with van der Waals surface area (Å²) in [4.78, 5) is 33.9. The van der Waals surface area contributed by atoms with Gasteiger partial charge in [0.2, 0.25) is 11.8 Å². The van der Waals surface area contributed by atoms with Gasteiger partial charge in [0.15, 0.2) is 0 Å². The zero-order chi connectivity index (χ0) is 26.4. The molecule has 0 spiro atoms. The summed E-state index contributed by atoms with van der Waals surface area (Å²) in [5.41, 5.74) is -0.138. The molecule has 12 heteroatoms. The van der Waals surface area contributed by atoms with Crippen molar-refractivity contribution >= 4 is 23.2 Å². The van der Waals surface area contributed by atoms with Gasteiger partial charge >= 0.3 is 11.4 Å². The molecule has 2 heterocycles. The first-order valence-corrected chi connectivity index (χ1v) is 11.4. The van der Waals surface area contributed by atoms with Crippen LogP contribution in [0.15, 0.2) is 76.3 Å². The van der Waals surface area contributed by atoms with Gasteiger partial charge in [-0.05, 0) is 48.0 Å². The molecule has 0 aliphatic heterocycles. The summed E-state index contributed by atoms with van der Waals surface area (Å²) in [5, 5.41) is 31.4. The maximum absolute atomic E-state index is 13.2. The Kier molecular flexibility index (Phi) is 7.95. The summed E-state index contributed by atoms with van der Waals surface area (Å²) in [6.07, 6.45) is -1.30. The van der Waals surface area contributed by atoms with E-state index in [1.807, 2.05) is 6.07 Å². The molecule has 3 N–H and O–H groups in total. The molecular formula is C25H21ClN6O5. The first-order valence-electron chi connectivity index (χ1n) is 11.0. The lowest BCUT2D eigenvalue weighted by molar-refractivity contribution is 0.0785. The van der Waals surface area contributed by atoms with Crippen LogP contribution in [0.2, 0.25) is 5.02 Å². The SMILES string of the molecule is N#Cc1cccc(Oc2ccc(Nc3nc(=O)n(C[C@H](O)CO)c(=O)n3Cc3ccc(Cl)cc3)cc2)n1. The standard InChI is InChI=1S/C25H21ClN6O5/c26-17-6-4-16(5-7-17)13-31-23(30-24(35)32(25(31)36)14-20(34)15-33)29-18-8-10-21(11-9-18)37-22-3-1-2-19(12-27)28-22/h1-11,20,33-34H,13-15H2,(H,29,30,35)/t20-/m0/s1. The van der Waals surface area contributed by atoms with Crippen molar-refractivity contribution in [3.05, 3.63) is 104 Å². The predicted octanol–water partition coefficient (Wildman–Crippen LogP) is 2.26. The van der Waals surface area contributed by atoms with Gasteiger partial charge in [-0.1, -0.05) is 29.8 Å². The lowest BCUT2D eigenvalue weighted by Crippen LogP contribution is -2.45. The number of nitriles is 1. The number of aromatic nitrogens is 4. The third-order valence-corrected chi connectivity index (χ3v) is 5.43. The number of aliphatic hydroxyl groups is 2. The van der Waals surface area contributed by atoms with Crippen molar-refractivity contribution in [2.24, 2.45) is 0 Å². The van der Waals surface area contributed by atoms with E-state index in [1.165, 1.54) is 4.57 Å². The van der Waals surface area contributed by atoms with Crippen molar-refractivity contribution in [2.75, 3.05) is 11.9 Å². The normalized spacial score (nSPS) is 11.5. The fourth-order valence-electron chi connectivity index (χ4n) is 3.35. The number of hydrogen-bond acceptors (Lipinski definition) is 9. The third-order valence-electron chi connectivity index (χ3n) is 5.18. The number of nitrogens with zero attached hydrogens (tertiary/aromatic N) is 5. The number of aliphatic hydroxyl groups excluding tert-OH is 2. The highest BCUT2D eigenvalue weighted by molar-refractivity contribution is 6.30. The summed E-state index contributed by atoms with van der Waals surface area (Å²) < 4.78 is 7.68. The largest absolute Gasteiger partial charge is 0.439 e. The number of halogens is 1. The summed E-state index contributed by atoms with van der Waals surface area (Å²) in [6.45, 7) is -0.966. The van der Waals surface area contributed by atoms with Gasteiger partial charge in [0.25, 0.3) is 0 Å². The van der Waals surface area contributed by atoms with E-state index in [4.69, 9.17) is 26.7 Å². The highest BCUT2D eigenvalue weighted by Crippen LogP contribution is 2.23. The molecule has 2 aromatic heterocycles. The molecule has 0 saturated carbocycles. The van der Waals surface area contributed by atoms with E-state index in [1.54, 1.807) is 66.7 Å².